The van der Waals surface area contributed by atoms with Gasteiger partial charge in [-0.2, -0.15) is 0 Å². The third-order valence-electron chi connectivity index (χ3n) is 4.11. The van der Waals surface area contributed by atoms with E-state index < -0.39 is 0 Å². The monoisotopic (exact) mass is 222 g/mol. The van der Waals surface area contributed by atoms with Crippen LogP contribution < -0.4 is 0 Å². The maximum atomic E-state index is 2.38. The summed E-state index contributed by atoms with van der Waals surface area (Å²) in [5.74, 6) is 0. The van der Waals surface area contributed by atoms with Crippen LogP contribution in [0.1, 0.15) is 35.6 Å². The van der Waals surface area contributed by atoms with Gasteiger partial charge in [0.1, 0.15) is 0 Å². The number of fused-ring (bicyclic) bond motifs is 3. The highest BCUT2D eigenvalue weighted by molar-refractivity contribution is 5.93. The van der Waals surface area contributed by atoms with Crippen molar-refractivity contribution in [2.24, 2.45) is 0 Å². The second kappa shape index (κ2) is 3.73. The summed E-state index contributed by atoms with van der Waals surface area (Å²) < 4.78 is 0. The fourth-order valence-electron chi connectivity index (χ4n) is 2.95. The zero-order valence-corrected chi connectivity index (χ0v) is 10.8. The molecule has 0 saturated heterocycles. The van der Waals surface area contributed by atoms with Gasteiger partial charge in [-0.15, -0.1) is 0 Å². The highest BCUT2D eigenvalue weighted by Crippen LogP contribution is 2.35. The number of hydrogen-bond acceptors (Lipinski definition) is 0. The van der Waals surface area contributed by atoms with Crippen molar-refractivity contribution in [2.75, 3.05) is 0 Å². The van der Waals surface area contributed by atoms with E-state index in [4.69, 9.17) is 0 Å². The predicted molar refractivity (Wildman–Crippen MR) is 75.4 cm³/mol. The van der Waals surface area contributed by atoms with Crippen LogP contribution in [0.2, 0.25) is 0 Å². The molecule has 1 aliphatic rings. The van der Waals surface area contributed by atoms with E-state index >= 15 is 0 Å². The highest BCUT2D eigenvalue weighted by atomic mass is 14.2. The zero-order chi connectivity index (χ0) is 12.0. The molecule has 0 radical (unpaired) electrons. The van der Waals surface area contributed by atoms with Gasteiger partial charge in [-0.25, -0.2) is 0 Å². The highest BCUT2D eigenvalue weighted by Gasteiger charge is 2.15. The lowest BCUT2D eigenvalue weighted by Gasteiger charge is -2.21. The van der Waals surface area contributed by atoms with E-state index in [9.17, 15) is 0 Å². The number of hydrogen-bond donors (Lipinski definition) is 0. The van der Waals surface area contributed by atoms with Gasteiger partial charge in [-0.3, -0.25) is 0 Å². The molecule has 0 saturated carbocycles. The Labute approximate surface area is 103 Å². The fourth-order valence-corrected chi connectivity index (χ4v) is 2.95. The molecule has 3 rings (SSSR count). The second-order valence-corrected chi connectivity index (χ2v) is 5.18. The second-order valence-electron chi connectivity index (χ2n) is 5.18. The summed E-state index contributed by atoms with van der Waals surface area (Å²) in [6, 6.07) is 8.83. The molecule has 0 aliphatic heterocycles. The number of allylic oxidation sites excluding steroid dienone is 1. The number of aryl methyl sites for hydroxylation is 2. The van der Waals surface area contributed by atoms with Crippen LogP contribution in [0.4, 0.5) is 0 Å². The number of rotatable bonds is 0. The molecule has 0 spiro atoms. The molecule has 0 aromatic heterocycles. The van der Waals surface area contributed by atoms with E-state index in [2.05, 4.69) is 51.1 Å². The lowest BCUT2D eigenvalue weighted by Crippen LogP contribution is -2.03. The van der Waals surface area contributed by atoms with Gasteiger partial charge < -0.3 is 0 Å². The molecule has 2 aromatic rings. The molecule has 0 nitrogen and oxygen atoms in total. The minimum Gasteiger partial charge on any atom is -0.0724 e. The van der Waals surface area contributed by atoms with Crippen LogP contribution in [-0.2, 0) is 6.42 Å². The molecule has 86 valence electrons. The van der Waals surface area contributed by atoms with E-state index in [1.807, 2.05) is 0 Å². The molecular weight excluding hydrogens is 204 g/mol. The standard InChI is InChI=1S/C17H18/c1-11-8-9-16-15-7-5-4-6-14(15)12(2)13(3)17(16)10-11/h4-7,10H,8-9H2,1-3H3. The first kappa shape index (κ1) is 10.6. The Kier molecular flexibility index (Phi) is 2.32. The van der Waals surface area contributed by atoms with E-state index in [0.717, 1.165) is 0 Å². The first-order chi connectivity index (χ1) is 8.18. The summed E-state index contributed by atoms with van der Waals surface area (Å²) >= 11 is 0. The van der Waals surface area contributed by atoms with Crippen molar-refractivity contribution >= 4 is 16.8 Å². The molecule has 0 heteroatoms. The Bertz CT molecular complexity index is 630. The van der Waals surface area contributed by atoms with Crippen molar-refractivity contribution in [1.29, 1.82) is 0 Å². The van der Waals surface area contributed by atoms with Gasteiger partial charge in [0, 0.05) is 0 Å². The van der Waals surface area contributed by atoms with Gasteiger partial charge in [0.2, 0.25) is 0 Å². The topological polar surface area (TPSA) is 0 Å². The van der Waals surface area contributed by atoms with Crippen LogP contribution in [0.3, 0.4) is 0 Å². The fraction of sp³-hybridized carbons (Fsp3) is 0.294. The van der Waals surface area contributed by atoms with Gasteiger partial charge in [0.05, 0.1) is 0 Å². The van der Waals surface area contributed by atoms with Crippen LogP contribution >= 0.6 is 0 Å². The summed E-state index contributed by atoms with van der Waals surface area (Å²) in [6.45, 7) is 6.75. The smallest absolute Gasteiger partial charge is 0.0143 e. The quantitative estimate of drug-likeness (QED) is 0.600. The van der Waals surface area contributed by atoms with E-state index in [1.54, 1.807) is 5.56 Å². The normalized spacial score (nSPS) is 14.6. The Morgan fingerprint density at radius 2 is 1.53 bits per heavy atom. The minimum atomic E-state index is 1.19. The van der Waals surface area contributed by atoms with Gasteiger partial charge in [-0.1, -0.05) is 35.9 Å². The minimum absolute atomic E-state index is 1.19. The van der Waals surface area contributed by atoms with Crippen LogP contribution in [0, 0.1) is 13.8 Å². The maximum Gasteiger partial charge on any atom is -0.0143 e. The van der Waals surface area contributed by atoms with Crippen molar-refractivity contribution in [2.45, 2.75) is 33.6 Å². The Hall–Kier alpha value is -1.56. The summed E-state index contributed by atoms with van der Waals surface area (Å²) in [4.78, 5) is 0. The molecule has 0 N–H and O–H groups in total. The maximum absolute atomic E-state index is 2.38. The Morgan fingerprint density at radius 1 is 0.824 bits per heavy atom. The van der Waals surface area contributed by atoms with Gasteiger partial charge in [0.15, 0.2) is 0 Å². The molecule has 17 heavy (non-hydrogen) atoms. The lowest BCUT2D eigenvalue weighted by molar-refractivity contribution is 0.932. The van der Waals surface area contributed by atoms with Crippen molar-refractivity contribution in [3.63, 3.8) is 0 Å². The van der Waals surface area contributed by atoms with E-state index in [1.165, 1.54) is 45.9 Å². The van der Waals surface area contributed by atoms with Crippen LogP contribution in [0.15, 0.2) is 29.8 Å². The molecule has 0 bridgehead atoms. The first-order valence-electron chi connectivity index (χ1n) is 6.36. The van der Waals surface area contributed by atoms with Crippen LogP contribution in [0.5, 0.6) is 0 Å². The van der Waals surface area contributed by atoms with Gasteiger partial charge in [0.25, 0.3) is 0 Å². The predicted octanol–water partition coefficient (Wildman–Crippen LogP) is 4.81. The van der Waals surface area contributed by atoms with Crippen LogP contribution in [0.25, 0.3) is 16.8 Å². The van der Waals surface area contributed by atoms with Crippen molar-refractivity contribution < 1.29 is 0 Å². The number of benzene rings is 2. The average molecular weight is 222 g/mol. The first-order valence-corrected chi connectivity index (χ1v) is 6.36. The molecule has 0 unspecified atom stereocenters. The zero-order valence-electron chi connectivity index (χ0n) is 10.8. The largest absolute Gasteiger partial charge is 0.0724 e. The molecule has 0 amide bonds. The SMILES string of the molecule is CC1=Cc2c(C)c(C)c3ccccc3c2CC1. The third-order valence-corrected chi connectivity index (χ3v) is 4.11. The van der Waals surface area contributed by atoms with Crippen molar-refractivity contribution in [3.05, 3.63) is 52.1 Å². The average Bonchev–Trinajstić information content (AvgIpc) is 2.36. The third kappa shape index (κ3) is 1.51. The van der Waals surface area contributed by atoms with Crippen molar-refractivity contribution in [1.82, 2.24) is 0 Å². The van der Waals surface area contributed by atoms with Crippen molar-refractivity contribution in [3.8, 4) is 0 Å². The lowest BCUT2D eigenvalue weighted by atomic mass is 9.84. The summed E-state index contributed by atoms with van der Waals surface area (Å²) in [7, 11) is 0. The summed E-state index contributed by atoms with van der Waals surface area (Å²) in [5.41, 5.74) is 7.43. The molecular formula is C17H18. The van der Waals surface area contributed by atoms with E-state index in [0.29, 0.717) is 0 Å². The summed E-state index contributed by atoms with van der Waals surface area (Å²) in [6.07, 6.45) is 4.78. The molecule has 0 heterocycles. The van der Waals surface area contributed by atoms with Crippen LogP contribution in [-0.4, -0.2) is 0 Å². The van der Waals surface area contributed by atoms with E-state index in [-0.39, 0.29) is 0 Å². The molecule has 1 aliphatic carbocycles. The molecule has 0 fully saturated rings. The van der Waals surface area contributed by atoms with Gasteiger partial charge in [-0.05, 0) is 66.6 Å². The Balaban J connectivity index is 2.48. The van der Waals surface area contributed by atoms with Gasteiger partial charge >= 0.3 is 0 Å². The molecule has 0 atom stereocenters. The Morgan fingerprint density at radius 3 is 2.29 bits per heavy atom. The summed E-state index contributed by atoms with van der Waals surface area (Å²) in [5, 5.41) is 2.88. The molecule has 2 aromatic carbocycles.